The summed E-state index contributed by atoms with van der Waals surface area (Å²) < 4.78 is 10.8. The zero-order valence-corrected chi connectivity index (χ0v) is 14.5. The van der Waals surface area contributed by atoms with Crippen molar-refractivity contribution in [3.8, 4) is 11.5 Å². The molecular formula is C20H22O4. The molecule has 0 saturated carbocycles. The maximum absolute atomic E-state index is 12.3. The van der Waals surface area contributed by atoms with E-state index in [2.05, 4.69) is 0 Å². The highest BCUT2D eigenvalue weighted by Gasteiger charge is 2.15. The minimum Gasteiger partial charge on any atom is -0.497 e. The van der Waals surface area contributed by atoms with Gasteiger partial charge in [-0.2, -0.15) is 0 Å². The molecule has 2 aromatic rings. The Balaban J connectivity index is 2.02. The predicted molar refractivity (Wildman–Crippen MR) is 93.1 cm³/mol. The minimum absolute atomic E-state index is 0.161. The average Bonchev–Trinajstić information content (AvgIpc) is 2.54. The van der Waals surface area contributed by atoms with Gasteiger partial charge in [-0.3, -0.25) is 9.59 Å². The van der Waals surface area contributed by atoms with Crippen LogP contribution >= 0.6 is 0 Å². The van der Waals surface area contributed by atoms with Crippen molar-refractivity contribution in [3.63, 3.8) is 0 Å². The molecule has 0 bridgehead atoms. The summed E-state index contributed by atoms with van der Waals surface area (Å²) >= 11 is 0. The van der Waals surface area contributed by atoms with E-state index in [0.717, 1.165) is 0 Å². The number of ether oxygens (including phenoxy) is 2. The number of benzene rings is 2. The molecule has 0 radical (unpaired) electrons. The van der Waals surface area contributed by atoms with E-state index in [4.69, 9.17) is 9.47 Å². The van der Waals surface area contributed by atoms with Gasteiger partial charge in [0.2, 0.25) is 0 Å². The van der Waals surface area contributed by atoms with E-state index in [1.165, 1.54) is 0 Å². The van der Waals surface area contributed by atoms with E-state index in [1.54, 1.807) is 55.6 Å². The van der Waals surface area contributed by atoms with E-state index in [9.17, 15) is 9.59 Å². The Hall–Kier alpha value is -2.62. The number of carbonyl (C=O) groups is 2. The van der Waals surface area contributed by atoms with Crippen molar-refractivity contribution < 1.29 is 19.1 Å². The molecule has 0 aliphatic carbocycles. The van der Waals surface area contributed by atoms with E-state index >= 15 is 0 Å². The lowest BCUT2D eigenvalue weighted by Crippen LogP contribution is -2.22. The molecule has 0 N–H and O–H groups in total. The van der Waals surface area contributed by atoms with Crippen molar-refractivity contribution in [2.75, 3.05) is 7.11 Å². The first-order chi connectivity index (χ1) is 11.3. The first-order valence-electron chi connectivity index (χ1n) is 7.78. The largest absolute Gasteiger partial charge is 0.497 e. The molecule has 24 heavy (non-hydrogen) atoms. The molecule has 0 aromatic heterocycles. The second kappa shape index (κ2) is 7.30. The molecule has 0 saturated heterocycles. The number of hydrogen-bond donors (Lipinski definition) is 0. The van der Waals surface area contributed by atoms with Crippen LogP contribution in [0.25, 0.3) is 0 Å². The molecule has 0 aliphatic rings. The smallest absolute Gasteiger partial charge is 0.170 e. The fourth-order valence-electron chi connectivity index (χ4n) is 2.19. The summed E-state index contributed by atoms with van der Waals surface area (Å²) in [6.45, 7) is 5.87. The first-order valence-corrected chi connectivity index (χ1v) is 7.78. The van der Waals surface area contributed by atoms with Gasteiger partial charge in [0.25, 0.3) is 0 Å². The van der Waals surface area contributed by atoms with E-state index in [0.29, 0.717) is 22.6 Å². The Kier molecular flexibility index (Phi) is 5.39. The zero-order chi connectivity index (χ0) is 17.7. The van der Waals surface area contributed by atoms with Crippen molar-refractivity contribution in [2.24, 2.45) is 0 Å². The van der Waals surface area contributed by atoms with Gasteiger partial charge < -0.3 is 9.47 Å². The molecule has 126 valence electrons. The lowest BCUT2D eigenvalue weighted by Gasteiger charge is -2.21. The fourth-order valence-corrected chi connectivity index (χ4v) is 2.19. The lowest BCUT2D eigenvalue weighted by atomic mass is 10.0. The molecule has 0 spiro atoms. The Labute approximate surface area is 142 Å². The Morgan fingerprint density at radius 3 is 1.58 bits per heavy atom. The topological polar surface area (TPSA) is 52.6 Å². The maximum atomic E-state index is 12.3. The predicted octanol–water partition coefficient (Wildman–Crippen LogP) is 4.33. The number of ketones is 2. The van der Waals surface area contributed by atoms with Crippen molar-refractivity contribution in [3.05, 3.63) is 59.7 Å². The van der Waals surface area contributed by atoms with Gasteiger partial charge in [0.05, 0.1) is 13.5 Å². The highest BCUT2D eigenvalue weighted by atomic mass is 16.5. The molecule has 2 aromatic carbocycles. The first kappa shape index (κ1) is 17.7. The second-order valence-corrected chi connectivity index (χ2v) is 6.49. The Morgan fingerprint density at radius 1 is 0.792 bits per heavy atom. The van der Waals surface area contributed by atoms with Crippen LogP contribution < -0.4 is 9.47 Å². The van der Waals surface area contributed by atoms with Gasteiger partial charge in [0.15, 0.2) is 11.6 Å². The fraction of sp³-hybridized carbons (Fsp3) is 0.300. The Morgan fingerprint density at radius 2 is 1.21 bits per heavy atom. The van der Waals surface area contributed by atoms with Crippen LogP contribution in [-0.2, 0) is 0 Å². The van der Waals surface area contributed by atoms with Crippen LogP contribution in [0, 0.1) is 0 Å². The molecule has 0 unspecified atom stereocenters. The van der Waals surface area contributed by atoms with Crippen molar-refractivity contribution in [1.82, 2.24) is 0 Å². The van der Waals surface area contributed by atoms with Gasteiger partial charge in [-0.25, -0.2) is 0 Å². The Bertz CT molecular complexity index is 707. The van der Waals surface area contributed by atoms with Gasteiger partial charge in [0, 0.05) is 11.1 Å². The summed E-state index contributed by atoms with van der Waals surface area (Å²) in [4.78, 5) is 24.5. The van der Waals surface area contributed by atoms with Gasteiger partial charge >= 0.3 is 0 Å². The number of Topliss-reactive ketones (excluding diaryl/α,β-unsaturated/α-hetero) is 2. The number of hydrogen-bond acceptors (Lipinski definition) is 4. The molecule has 0 atom stereocenters. The number of carbonyl (C=O) groups excluding carboxylic acids is 2. The minimum atomic E-state index is -0.296. The van der Waals surface area contributed by atoms with Crippen LogP contribution in [0.4, 0.5) is 0 Å². The average molecular weight is 326 g/mol. The molecular weight excluding hydrogens is 304 g/mol. The molecule has 4 heteroatoms. The molecule has 0 heterocycles. The molecule has 4 nitrogen and oxygen atoms in total. The third kappa shape index (κ3) is 4.95. The van der Waals surface area contributed by atoms with Crippen LogP contribution in [0.2, 0.25) is 0 Å². The summed E-state index contributed by atoms with van der Waals surface area (Å²) in [5.41, 5.74) is 0.700. The van der Waals surface area contributed by atoms with Gasteiger partial charge in [0.1, 0.15) is 17.1 Å². The summed E-state index contributed by atoms with van der Waals surface area (Å²) in [5, 5.41) is 0. The summed E-state index contributed by atoms with van der Waals surface area (Å²) in [6.07, 6.45) is -0.161. The third-order valence-electron chi connectivity index (χ3n) is 3.33. The van der Waals surface area contributed by atoms with Crippen molar-refractivity contribution >= 4 is 11.6 Å². The van der Waals surface area contributed by atoms with Crippen LogP contribution in [0.15, 0.2) is 48.5 Å². The third-order valence-corrected chi connectivity index (χ3v) is 3.33. The standard InChI is InChI=1S/C20H22O4/c1-20(2,3)24-17-11-7-15(8-12-17)19(22)13-18(21)14-5-9-16(23-4)10-6-14/h5-12H,13H2,1-4H3. The van der Waals surface area contributed by atoms with Crippen molar-refractivity contribution in [2.45, 2.75) is 32.8 Å². The number of methoxy groups -OCH3 is 1. The van der Waals surface area contributed by atoms with Crippen molar-refractivity contribution in [1.29, 1.82) is 0 Å². The highest BCUT2D eigenvalue weighted by molar-refractivity contribution is 6.13. The van der Waals surface area contributed by atoms with E-state index < -0.39 is 0 Å². The van der Waals surface area contributed by atoms with E-state index in [-0.39, 0.29) is 23.6 Å². The van der Waals surface area contributed by atoms with Gasteiger partial charge in [-0.05, 0) is 69.3 Å². The zero-order valence-electron chi connectivity index (χ0n) is 14.5. The molecule has 0 aliphatic heterocycles. The van der Waals surface area contributed by atoms with Crippen LogP contribution in [-0.4, -0.2) is 24.3 Å². The molecule has 2 rings (SSSR count). The van der Waals surface area contributed by atoms with Gasteiger partial charge in [-0.1, -0.05) is 0 Å². The van der Waals surface area contributed by atoms with Gasteiger partial charge in [-0.15, -0.1) is 0 Å². The van der Waals surface area contributed by atoms with Crippen LogP contribution in [0.3, 0.4) is 0 Å². The lowest BCUT2D eigenvalue weighted by molar-refractivity contribution is 0.0894. The quantitative estimate of drug-likeness (QED) is 0.586. The highest BCUT2D eigenvalue weighted by Crippen LogP contribution is 2.20. The molecule has 0 fully saturated rings. The maximum Gasteiger partial charge on any atom is 0.170 e. The monoisotopic (exact) mass is 326 g/mol. The van der Waals surface area contributed by atoms with E-state index in [1.807, 2.05) is 20.8 Å². The SMILES string of the molecule is COc1ccc(C(=O)CC(=O)c2ccc(OC(C)(C)C)cc2)cc1. The number of rotatable bonds is 6. The second-order valence-electron chi connectivity index (χ2n) is 6.49. The normalized spacial score (nSPS) is 11.0. The van der Waals surface area contributed by atoms with Crippen LogP contribution in [0.1, 0.15) is 47.9 Å². The summed E-state index contributed by atoms with van der Waals surface area (Å²) in [7, 11) is 1.56. The summed E-state index contributed by atoms with van der Waals surface area (Å²) in [5.74, 6) is 0.948. The summed E-state index contributed by atoms with van der Waals surface area (Å²) in [6, 6.07) is 13.6. The van der Waals surface area contributed by atoms with Crippen LogP contribution in [0.5, 0.6) is 11.5 Å². The molecule has 0 amide bonds.